The zero-order valence-corrected chi connectivity index (χ0v) is 17.9. The first kappa shape index (κ1) is 20.9. The zero-order chi connectivity index (χ0) is 22.0. The average Bonchev–Trinajstić information content (AvgIpc) is 3.16. The molecule has 158 valence electrons. The van der Waals surface area contributed by atoms with E-state index < -0.39 is 0 Å². The van der Waals surface area contributed by atoms with Crippen LogP contribution in [0, 0.1) is 5.82 Å². The lowest BCUT2D eigenvalue weighted by molar-refractivity contribution is 0.102. The number of nitrogens with zero attached hydrogens (tertiary/aromatic N) is 2. The first-order chi connectivity index (χ1) is 14.9. The lowest BCUT2D eigenvalue weighted by Gasteiger charge is -2.18. The van der Waals surface area contributed by atoms with Crippen LogP contribution in [-0.4, -0.2) is 30.8 Å². The number of carbonyl (C=O) groups is 1. The number of ether oxygens (including phenoxy) is 1. The fourth-order valence-electron chi connectivity index (χ4n) is 3.61. The van der Waals surface area contributed by atoms with Crippen molar-refractivity contribution in [2.45, 2.75) is 12.5 Å². The Kier molecular flexibility index (Phi) is 5.91. The number of hydrogen-bond acceptors (Lipinski definition) is 4. The number of hydrogen-bond donors (Lipinski definition) is 1. The molecule has 0 aromatic heterocycles. The molecule has 4 rings (SSSR count). The Hall–Kier alpha value is -3.38. The Morgan fingerprint density at radius 2 is 1.84 bits per heavy atom. The van der Waals surface area contributed by atoms with Crippen LogP contribution in [0.2, 0.25) is 5.02 Å². The molecule has 1 aliphatic rings. The standard InChI is InChI=1S/C24H21ClFN3O2/c1-29-22(16-3-8-18(26)9-4-16)14-21(28-29)15-5-10-19(11-6-15)27-24(30)20-13-17(25)7-12-23(20)31-2/h3-13,22H,14H2,1-2H3,(H,27,30). The molecule has 3 aromatic carbocycles. The molecule has 1 N–H and O–H groups in total. The molecule has 0 aliphatic carbocycles. The molecule has 31 heavy (non-hydrogen) atoms. The summed E-state index contributed by atoms with van der Waals surface area (Å²) in [6, 6.07) is 19.0. The van der Waals surface area contributed by atoms with Crippen molar-refractivity contribution in [2.75, 3.05) is 19.5 Å². The number of anilines is 1. The topological polar surface area (TPSA) is 53.9 Å². The van der Waals surface area contributed by atoms with Crippen LogP contribution in [0.15, 0.2) is 71.8 Å². The third kappa shape index (κ3) is 4.54. The lowest BCUT2D eigenvalue weighted by Crippen LogP contribution is -2.14. The van der Waals surface area contributed by atoms with Crippen LogP contribution in [0.3, 0.4) is 0 Å². The zero-order valence-electron chi connectivity index (χ0n) is 17.1. The molecule has 1 aliphatic heterocycles. The number of benzene rings is 3. The van der Waals surface area contributed by atoms with Crippen molar-refractivity contribution < 1.29 is 13.9 Å². The highest BCUT2D eigenvalue weighted by Gasteiger charge is 2.26. The number of hydrazone groups is 1. The van der Waals surface area contributed by atoms with Gasteiger partial charge in [-0.15, -0.1) is 0 Å². The van der Waals surface area contributed by atoms with Crippen molar-refractivity contribution in [1.29, 1.82) is 0 Å². The van der Waals surface area contributed by atoms with Gasteiger partial charge in [0.25, 0.3) is 5.91 Å². The molecule has 3 aromatic rings. The molecular weight excluding hydrogens is 417 g/mol. The molecule has 1 atom stereocenters. The number of methoxy groups -OCH3 is 1. The van der Waals surface area contributed by atoms with Crippen molar-refractivity contribution in [3.05, 3.63) is 94.3 Å². The van der Waals surface area contributed by atoms with Crippen LogP contribution in [0.5, 0.6) is 5.75 Å². The molecule has 0 spiro atoms. The quantitative estimate of drug-likeness (QED) is 0.571. The van der Waals surface area contributed by atoms with E-state index in [4.69, 9.17) is 16.3 Å². The van der Waals surface area contributed by atoms with Gasteiger partial charge in [0.2, 0.25) is 0 Å². The van der Waals surface area contributed by atoms with Crippen LogP contribution in [0.1, 0.15) is 33.9 Å². The second-order valence-corrected chi connectivity index (χ2v) is 7.70. The third-order valence-electron chi connectivity index (χ3n) is 5.25. The Labute approximate surface area is 185 Å². The fraction of sp³-hybridized carbons (Fsp3) is 0.167. The molecule has 5 nitrogen and oxygen atoms in total. The Morgan fingerprint density at radius 3 is 2.52 bits per heavy atom. The Morgan fingerprint density at radius 1 is 1.13 bits per heavy atom. The van der Waals surface area contributed by atoms with Gasteiger partial charge in [-0.05, 0) is 53.6 Å². The summed E-state index contributed by atoms with van der Waals surface area (Å²) in [7, 11) is 3.42. The summed E-state index contributed by atoms with van der Waals surface area (Å²) in [6.07, 6.45) is 0.716. The van der Waals surface area contributed by atoms with Gasteiger partial charge in [-0.3, -0.25) is 9.80 Å². The van der Waals surface area contributed by atoms with Gasteiger partial charge in [0.15, 0.2) is 0 Å². The van der Waals surface area contributed by atoms with E-state index >= 15 is 0 Å². The molecule has 0 saturated heterocycles. The minimum absolute atomic E-state index is 0.0604. The highest BCUT2D eigenvalue weighted by molar-refractivity contribution is 6.31. The van der Waals surface area contributed by atoms with Gasteiger partial charge in [0, 0.05) is 24.2 Å². The highest BCUT2D eigenvalue weighted by atomic mass is 35.5. The number of carbonyl (C=O) groups excluding carboxylic acids is 1. The fourth-order valence-corrected chi connectivity index (χ4v) is 3.78. The molecule has 0 radical (unpaired) electrons. The minimum atomic E-state index is -0.304. The van der Waals surface area contributed by atoms with Crippen molar-refractivity contribution in [3.8, 4) is 5.75 Å². The van der Waals surface area contributed by atoms with Gasteiger partial charge in [0.05, 0.1) is 24.4 Å². The van der Waals surface area contributed by atoms with Gasteiger partial charge in [0.1, 0.15) is 11.6 Å². The second kappa shape index (κ2) is 8.78. The first-order valence-electron chi connectivity index (χ1n) is 9.75. The normalized spacial score (nSPS) is 15.5. The Bertz CT molecular complexity index is 1130. The van der Waals surface area contributed by atoms with Gasteiger partial charge >= 0.3 is 0 Å². The highest BCUT2D eigenvalue weighted by Crippen LogP contribution is 2.31. The smallest absolute Gasteiger partial charge is 0.259 e. The molecule has 7 heteroatoms. The van der Waals surface area contributed by atoms with Gasteiger partial charge in [-0.25, -0.2) is 4.39 Å². The van der Waals surface area contributed by atoms with Crippen molar-refractivity contribution in [3.63, 3.8) is 0 Å². The Balaban J connectivity index is 1.46. The summed E-state index contributed by atoms with van der Waals surface area (Å²) < 4.78 is 18.5. The molecule has 1 heterocycles. The van der Waals surface area contributed by atoms with Crippen LogP contribution in [0.25, 0.3) is 0 Å². The lowest BCUT2D eigenvalue weighted by atomic mass is 9.98. The van der Waals surface area contributed by atoms with Crippen LogP contribution < -0.4 is 10.1 Å². The molecule has 0 saturated carbocycles. The molecule has 1 amide bonds. The first-order valence-corrected chi connectivity index (χ1v) is 10.1. The summed E-state index contributed by atoms with van der Waals surface area (Å²) >= 11 is 6.02. The molecule has 0 bridgehead atoms. The molecule has 0 fully saturated rings. The predicted molar refractivity (Wildman–Crippen MR) is 120 cm³/mol. The van der Waals surface area contributed by atoms with Crippen LogP contribution in [0.4, 0.5) is 10.1 Å². The maximum absolute atomic E-state index is 13.2. The summed E-state index contributed by atoms with van der Waals surface area (Å²) in [6.45, 7) is 0. The van der Waals surface area contributed by atoms with E-state index in [0.717, 1.165) is 16.8 Å². The van der Waals surface area contributed by atoms with Crippen molar-refractivity contribution in [1.82, 2.24) is 5.01 Å². The summed E-state index contributed by atoms with van der Waals surface area (Å²) in [5, 5.41) is 9.86. The van der Waals surface area contributed by atoms with Gasteiger partial charge in [-0.2, -0.15) is 5.10 Å². The molecule has 1 unspecified atom stereocenters. The number of amides is 1. The third-order valence-corrected chi connectivity index (χ3v) is 5.49. The average molecular weight is 438 g/mol. The van der Waals surface area contributed by atoms with E-state index in [9.17, 15) is 9.18 Å². The largest absolute Gasteiger partial charge is 0.496 e. The van der Waals surface area contributed by atoms with Crippen LogP contribution in [-0.2, 0) is 0 Å². The number of halogens is 2. The van der Waals surface area contributed by atoms with E-state index in [1.807, 2.05) is 36.3 Å². The van der Waals surface area contributed by atoms with Gasteiger partial charge < -0.3 is 10.1 Å². The van der Waals surface area contributed by atoms with Crippen molar-refractivity contribution >= 4 is 28.9 Å². The van der Waals surface area contributed by atoms with E-state index in [-0.39, 0.29) is 17.8 Å². The SMILES string of the molecule is COc1ccc(Cl)cc1C(=O)Nc1ccc(C2=NN(C)C(c3ccc(F)cc3)C2)cc1. The number of nitrogens with one attached hydrogen (secondary N) is 1. The molecular formula is C24H21ClFN3O2. The van der Waals surface area contributed by atoms with E-state index in [1.165, 1.54) is 19.2 Å². The monoisotopic (exact) mass is 437 g/mol. The van der Waals surface area contributed by atoms with Gasteiger partial charge in [-0.1, -0.05) is 35.9 Å². The minimum Gasteiger partial charge on any atom is -0.496 e. The van der Waals surface area contributed by atoms with Crippen LogP contribution >= 0.6 is 11.6 Å². The second-order valence-electron chi connectivity index (χ2n) is 7.27. The maximum Gasteiger partial charge on any atom is 0.259 e. The van der Waals surface area contributed by atoms with E-state index in [1.54, 1.807) is 30.3 Å². The summed E-state index contributed by atoms with van der Waals surface area (Å²) in [4.78, 5) is 12.6. The van der Waals surface area contributed by atoms with E-state index in [0.29, 0.717) is 28.4 Å². The predicted octanol–water partition coefficient (Wildman–Crippen LogP) is 5.52. The summed E-state index contributed by atoms with van der Waals surface area (Å²) in [5.74, 6) is -0.103. The maximum atomic E-state index is 13.2. The number of rotatable bonds is 5. The van der Waals surface area contributed by atoms with E-state index in [2.05, 4.69) is 10.4 Å². The summed E-state index contributed by atoms with van der Waals surface area (Å²) in [5.41, 5.74) is 3.93. The van der Waals surface area contributed by atoms with Crippen molar-refractivity contribution in [2.24, 2.45) is 5.10 Å².